The van der Waals surface area contributed by atoms with Crippen LogP contribution in [0.15, 0.2) is 66.7 Å². The summed E-state index contributed by atoms with van der Waals surface area (Å²) in [5, 5.41) is 0.889. The highest BCUT2D eigenvalue weighted by molar-refractivity contribution is 5.91. The van der Waals surface area contributed by atoms with Gasteiger partial charge < -0.3 is 14.2 Å². The van der Waals surface area contributed by atoms with Crippen LogP contribution in [0.4, 0.5) is 4.79 Å². The van der Waals surface area contributed by atoms with E-state index in [9.17, 15) is 14.4 Å². The van der Waals surface area contributed by atoms with Gasteiger partial charge in [-0.15, -0.1) is 0 Å². The summed E-state index contributed by atoms with van der Waals surface area (Å²) in [6, 6.07) is 19.9. The number of carbonyl (C=O) groups excluding carboxylic acids is 3. The zero-order valence-electron chi connectivity index (χ0n) is 18.8. The number of carbonyl (C=O) groups is 3. The fourth-order valence-electron chi connectivity index (χ4n) is 2.95. The molecule has 8 nitrogen and oxygen atoms in total. The van der Waals surface area contributed by atoms with Gasteiger partial charge in [-0.3, -0.25) is 9.69 Å². The number of rotatable bonds is 7. The molecule has 0 spiro atoms. The van der Waals surface area contributed by atoms with Crippen molar-refractivity contribution < 1.29 is 28.6 Å². The molecule has 172 valence electrons. The molecular formula is C25H26N2O6. The van der Waals surface area contributed by atoms with Crippen molar-refractivity contribution >= 4 is 28.9 Å². The zero-order chi connectivity index (χ0) is 23.8. The Morgan fingerprint density at radius 3 is 2.27 bits per heavy atom. The number of hydrogen-bond acceptors (Lipinski definition) is 7. The van der Waals surface area contributed by atoms with E-state index >= 15 is 0 Å². The molecule has 3 aromatic rings. The normalized spacial score (nSPS) is 11.0. The van der Waals surface area contributed by atoms with Crippen molar-refractivity contribution in [1.29, 1.82) is 0 Å². The topological polar surface area (TPSA) is 95.0 Å². The van der Waals surface area contributed by atoms with Crippen LogP contribution < -0.4 is 0 Å². The summed E-state index contributed by atoms with van der Waals surface area (Å²) in [4.78, 5) is 42.6. The van der Waals surface area contributed by atoms with Crippen LogP contribution in [0.5, 0.6) is 0 Å². The van der Waals surface area contributed by atoms with Crippen molar-refractivity contribution in [1.82, 2.24) is 9.88 Å². The molecule has 0 saturated carbocycles. The minimum Gasteiger partial charge on any atom is -0.459 e. The lowest BCUT2D eigenvalue weighted by Gasteiger charge is -2.33. The first-order valence-electron chi connectivity index (χ1n) is 10.4. The number of aromatic nitrogens is 1. The van der Waals surface area contributed by atoms with Crippen molar-refractivity contribution in [3.63, 3.8) is 0 Å². The SMILES string of the molecule is CC(C)(C)N(CC(=O)OCc1ccccc1)C(=O)OCOC(=O)c1ccc2ccccc2n1. The molecule has 0 aliphatic carbocycles. The van der Waals surface area contributed by atoms with E-state index in [0.717, 1.165) is 10.9 Å². The van der Waals surface area contributed by atoms with Crippen LogP contribution in [0.3, 0.4) is 0 Å². The molecule has 0 bridgehead atoms. The average molecular weight is 450 g/mol. The Kier molecular flexibility index (Phi) is 7.61. The Bertz CT molecular complexity index is 1120. The zero-order valence-corrected chi connectivity index (χ0v) is 18.8. The van der Waals surface area contributed by atoms with Crippen LogP contribution in [0, 0.1) is 0 Å². The maximum atomic E-state index is 12.6. The quantitative estimate of drug-likeness (QED) is 0.391. The van der Waals surface area contributed by atoms with Gasteiger partial charge in [-0.1, -0.05) is 54.6 Å². The van der Waals surface area contributed by atoms with E-state index < -0.39 is 30.4 Å². The molecule has 33 heavy (non-hydrogen) atoms. The minimum atomic E-state index is -0.807. The lowest BCUT2D eigenvalue weighted by Crippen LogP contribution is -2.49. The fourth-order valence-corrected chi connectivity index (χ4v) is 2.95. The lowest BCUT2D eigenvalue weighted by molar-refractivity contribution is -0.147. The van der Waals surface area contributed by atoms with Crippen molar-refractivity contribution in [3.8, 4) is 0 Å². The molecule has 3 rings (SSSR count). The second kappa shape index (κ2) is 10.6. The number of para-hydroxylation sites is 1. The van der Waals surface area contributed by atoms with Gasteiger partial charge in [0.25, 0.3) is 0 Å². The molecule has 1 aromatic heterocycles. The minimum absolute atomic E-state index is 0.0990. The number of esters is 2. The summed E-state index contributed by atoms with van der Waals surface area (Å²) in [5.74, 6) is -1.30. The maximum Gasteiger partial charge on any atom is 0.413 e. The molecule has 1 heterocycles. The molecule has 0 N–H and O–H groups in total. The number of fused-ring (bicyclic) bond motifs is 1. The molecule has 0 unspecified atom stereocenters. The molecule has 2 aromatic carbocycles. The molecule has 1 amide bonds. The highest BCUT2D eigenvalue weighted by Crippen LogP contribution is 2.16. The number of ether oxygens (including phenoxy) is 3. The second-order valence-corrected chi connectivity index (χ2v) is 8.25. The van der Waals surface area contributed by atoms with E-state index in [4.69, 9.17) is 14.2 Å². The smallest absolute Gasteiger partial charge is 0.413 e. The lowest BCUT2D eigenvalue weighted by atomic mass is 10.1. The van der Waals surface area contributed by atoms with Crippen LogP contribution in [0.1, 0.15) is 36.8 Å². The Labute approximate surface area is 192 Å². The molecule has 0 atom stereocenters. The number of amides is 1. The van der Waals surface area contributed by atoms with E-state index in [1.165, 1.54) is 11.0 Å². The van der Waals surface area contributed by atoms with Crippen molar-refractivity contribution in [3.05, 3.63) is 78.0 Å². The largest absolute Gasteiger partial charge is 0.459 e. The number of benzene rings is 2. The standard InChI is InChI=1S/C25H26N2O6/c1-25(2,3)27(15-22(28)31-16-18-9-5-4-6-10-18)24(30)33-17-32-23(29)21-14-13-19-11-7-8-12-20(19)26-21/h4-14H,15-17H2,1-3H3. The highest BCUT2D eigenvalue weighted by Gasteiger charge is 2.30. The first-order chi connectivity index (χ1) is 15.7. The molecule has 0 aliphatic heterocycles. The average Bonchev–Trinajstić information content (AvgIpc) is 2.80. The van der Waals surface area contributed by atoms with Gasteiger partial charge in [0.15, 0.2) is 0 Å². The van der Waals surface area contributed by atoms with Crippen LogP contribution in [-0.4, -0.2) is 46.8 Å². The molecule has 0 radical (unpaired) electrons. The monoisotopic (exact) mass is 450 g/mol. The third-order valence-electron chi connectivity index (χ3n) is 4.74. The maximum absolute atomic E-state index is 12.6. The van der Waals surface area contributed by atoms with Crippen molar-refractivity contribution in [2.75, 3.05) is 13.3 Å². The molecule has 0 saturated heterocycles. The van der Waals surface area contributed by atoms with Gasteiger partial charge in [-0.2, -0.15) is 0 Å². The summed E-state index contributed by atoms with van der Waals surface area (Å²) >= 11 is 0. The van der Waals surface area contributed by atoms with Crippen LogP contribution >= 0.6 is 0 Å². The molecule has 0 aliphatic rings. The van der Waals surface area contributed by atoms with Gasteiger partial charge in [0.2, 0.25) is 6.79 Å². The number of hydrogen-bond donors (Lipinski definition) is 0. The van der Waals surface area contributed by atoms with Gasteiger partial charge in [0.05, 0.1) is 5.52 Å². The van der Waals surface area contributed by atoms with E-state index in [1.807, 2.05) is 48.5 Å². The Morgan fingerprint density at radius 2 is 1.55 bits per heavy atom. The molecule has 8 heteroatoms. The Morgan fingerprint density at radius 1 is 0.848 bits per heavy atom. The third-order valence-corrected chi connectivity index (χ3v) is 4.74. The van der Waals surface area contributed by atoms with E-state index in [1.54, 1.807) is 32.9 Å². The van der Waals surface area contributed by atoms with Crippen LogP contribution in [-0.2, 0) is 25.6 Å². The second-order valence-electron chi connectivity index (χ2n) is 8.25. The van der Waals surface area contributed by atoms with E-state index in [0.29, 0.717) is 5.52 Å². The predicted octanol–water partition coefficient (Wildman–Crippen LogP) is 4.33. The first kappa shape index (κ1) is 23.7. The Hall–Kier alpha value is -3.94. The number of pyridine rings is 1. The third kappa shape index (κ3) is 6.77. The van der Waals surface area contributed by atoms with Gasteiger partial charge >= 0.3 is 18.0 Å². The summed E-state index contributed by atoms with van der Waals surface area (Å²) in [7, 11) is 0. The van der Waals surface area contributed by atoms with E-state index in [2.05, 4.69) is 4.98 Å². The summed E-state index contributed by atoms with van der Waals surface area (Å²) in [6.45, 7) is 4.44. The van der Waals surface area contributed by atoms with E-state index in [-0.39, 0.29) is 18.8 Å². The summed E-state index contributed by atoms with van der Waals surface area (Å²) in [6.07, 6.45) is -0.807. The van der Waals surface area contributed by atoms with Crippen molar-refractivity contribution in [2.24, 2.45) is 0 Å². The fraction of sp³-hybridized carbons (Fsp3) is 0.280. The van der Waals surface area contributed by atoms with Crippen LogP contribution in [0.25, 0.3) is 10.9 Å². The molecule has 0 fully saturated rings. The summed E-state index contributed by atoms with van der Waals surface area (Å²) in [5.41, 5.74) is 0.857. The van der Waals surface area contributed by atoms with Crippen molar-refractivity contribution in [2.45, 2.75) is 32.9 Å². The highest BCUT2D eigenvalue weighted by atomic mass is 16.7. The van der Waals surface area contributed by atoms with Crippen LogP contribution in [0.2, 0.25) is 0 Å². The van der Waals surface area contributed by atoms with Gasteiger partial charge in [-0.05, 0) is 38.5 Å². The molecular weight excluding hydrogens is 424 g/mol. The first-order valence-corrected chi connectivity index (χ1v) is 10.4. The predicted molar refractivity (Wildman–Crippen MR) is 121 cm³/mol. The number of nitrogens with zero attached hydrogens (tertiary/aromatic N) is 2. The van der Waals surface area contributed by atoms with Gasteiger partial charge in [0.1, 0.15) is 18.8 Å². The summed E-state index contributed by atoms with van der Waals surface area (Å²) < 4.78 is 15.4. The van der Waals surface area contributed by atoms with Gasteiger partial charge in [0, 0.05) is 10.9 Å². The Balaban J connectivity index is 1.52. The van der Waals surface area contributed by atoms with Gasteiger partial charge in [-0.25, -0.2) is 14.6 Å².